The fourth-order valence-electron chi connectivity index (χ4n) is 3.43. The molecule has 1 amide bonds. The van der Waals surface area contributed by atoms with Gasteiger partial charge in [-0.1, -0.05) is 30.4 Å². The van der Waals surface area contributed by atoms with E-state index in [0.29, 0.717) is 34.2 Å². The summed E-state index contributed by atoms with van der Waals surface area (Å²) in [6.45, 7) is 0. The maximum Gasteiger partial charge on any atom is 0.248 e. The maximum atomic E-state index is 12.5. The highest BCUT2D eigenvalue weighted by molar-refractivity contribution is 6.03. The van der Waals surface area contributed by atoms with Gasteiger partial charge in [-0.15, -0.1) is 0 Å². The molecule has 0 spiro atoms. The molecule has 35 heavy (non-hydrogen) atoms. The predicted molar refractivity (Wildman–Crippen MR) is 138 cm³/mol. The summed E-state index contributed by atoms with van der Waals surface area (Å²) in [5.74, 6) is 1.15. The van der Waals surface area contributed by atoms with Gasteiger partial charge in [0.2, 0.25) is 11.7 Å². The van der Waals surface area contributed by atoms with Crippen LogP contribution < -0.4 is 30.0 Å². The molecule has 3 rings (SSSR count). The van der Waals surface area contributed by atoms with Crippen molar-refractivity contribution in [1.82, 2.24) is 0 Å². The molecule has 0 saturated carbocycles. The smallest absolute Gasteiger partial charge is 0.248 e. The Morgan fingerprint density at radius 1 is 0.829 bits per heavy atom. The minimum atomic E-state index is -0.406. The second-order valence-corrected chi connectivity index (χ2v) is 7.36. The van der Waals surface area contributed by atoms with Crippen molar-refractivity contribution in [3.05, 3.63) is 71.3 Å². The van der Waals surface area contributed by atoms with Crippen molar-refractivity contribution in [2.45, 2.75) is 0 Å². The number of carbonyl (C=O) groups is 1. The summed E-state index contributed by atoms with van der Waals surface area (Å²) in [5.41, 5.74) is 8.92. The Hall–Kier alpha value is -4.59. The lowest BCUT2D eigenvalue weighted by Crippen LogP contribution is -2.09. The van der Waals surface area contributed by atoms with Crippen molar-refractivity contribution in [1.29, 1.82) is 0 Å². The average Bonchev–Trinajstić information content (AvgIpc) is 2.86. The normalized spacial score (nSPS) is 11.0. The van der Waals surface area contributed by atoms with Gasteiger partial charge in [-0.3, -0.25) is 4.79 Å². The van der Waals surface area contributed by atoms with Gasteiger partial charge in [0.1, 0.15) is 0 Å². The number of nitrogen functional groups attached to an aromatic ring is 1. The van der Waals surface area contributed by atoms with E-state index < -0.39 is 5.91 Å². The first kappa shape index (κ1) is 25.0. The fourth-order valence-corrected chi connectivity index (χ4v) is 3.43. The maximum absolute atomic E-state index is 12.5. The first-order chi connectivity index (χ1) is 16.9. The van der Waals surface area contributed by atoms with Crippen LogP contribution in [0.5, 0.6) is 28.7 Å². The standard InChI is InChI=1S/C27H28N2O6/c1-32-23-15-18(16-24(33-2)27(23)35-4)10-9-17-13-21(26(34-3)22(30)14-17)29-25(31)12-11-19-7-5-6-8-20(19)28/h5-16,30H,28H2,1-4H3,(H,29,31)/b10-9?,12-11+. The highest BCUT2D eigenvalue weighted by atomic mass is 16.5. The molecule has 8 nitrogen and oxygen atoms in total. The number of hydrogen-bond donors (Lipinski definition) is 3. The first-order valence-electron chi connectivity index (χ1n) is 10.6. The SMILES string of the molecule is COc1cc(C=Cc2cc(O)c(OC)c(NC(=O)/C=C/c3ccccc3N)c2)cc(OC)c1OC. The Bertz CT molecular complexity index is 1240. The Kier molecular flexibility index (Phi) is 8.24. The summed E-state index contributed by atoms with van der Waals surface area (Å²) in [6, 6.07) is 14.0. The molecule has 0 aliphatic rings. The van der Waals surface area contributed by atoms with Crippen LogP contribution in [0.3, 0.4) is 0 Å². The zero-order valence-corrected chi connectivity index (χ0v) is 20.0. The molecule has 0 fully saturated rings. The van der Waals surface area contributed by atoms with Crippen molar-refractivity contribution in [3.8, 4) is 28.7 Å². The van der Waals surface area contributed by atoms with E-state index in [1.807, 2.05) is 18.2 Å². The summed E-state index contributed by atoms with van der Waals surface area (Å²) in [6.07, 6.45) is 6.57. The molecule has 4 N–H and O–H groups in total. The van der Waals surface area contributed by atoms with Crippen LogP contribution in [0.25, 0.3) is 18.2 Å². The number of hydrogen-bond acceptors (Lipinski definition) is 7. The van der Waals surface area contributed by atoms with Crippen LogP contribution in [0.15, 0.2) is 54.6 Å². The number of methoxy groups -OCH3 is 4. The van der Waals surface area contributed by atoms with Gasteiger partial charge in [-0.25, -0.2) is 0 Å². The molecule has 0 radical (unpaired) electrons. The van der Waals surface area contributed by atoms with Crippen LogP contribution in [0.4, 0.5) is 11.4 Å². The third-order valence-corrected chi connectivity index (χ3v) is 5.12. The molecule has 0 aliphatic heterocycles. The van der Waals surface area contributed by atoms with Crippen LogP contribution in [0, 0.1) is 0 Å². The van der Waals surface area contributed by atoms with Gasteiger partial charge < -0.3 is 35.1 Å². The highest BCUT2D eigenvalue weighted by Gasteiger charge is 2.14. The molecule has 0 atom stereocenters. The zero-order chi connectivity index (χ0) is 25.4. The van der Waals surface area contributed by atoms with Crippen molar-refractivity contribution in [3.63, 3.8) is 0 Å². The van der Waals surface area contributed by atoms with Crippen molar-refractivity contribution in [2.24, 2.45) is 0 Å². The molecule has 8 heteroatoms. The number of phenolic OH excluding ortho intramolecular Hbond substituents is 1. The predicted octanol–water partition coefficient (Wildman–Crippen LogP) is 4.83. The highest BCUT2D eigenvalue weighted by Crippen LogP contribution is 2.39. The molecular weight excluding hydrogens is 448 g/mol. The minimum absolute atomic E-state index is 0.119. The number of amides is 1. The number of aromatic hydroxyl groups is 1. The van der Waals surface area contributed by atoms with Gasteiger partial charge in [0.15, 0.2) is 23.0 Å². The lowest BCUT2D eigenvalue weighted by Gasteiger charge is -2.13. The Morgan fingerprint density at radius 3 is 2.00 bits per heavy atom. The van der Waals surface area contributed by atoms with Crippen molar-refractivity contribution in [2.75, 3.05) is 39.5 Å². The topological polar surface area (TPSA) is 112 Å². The summed E-state index contributed by atoms with van der Waals surface area (Å²) in [4.78, 5) is 12.5. The Morgan fingerprint density at radius 2 is 1.43 bits per heavy atom. The number of nitrogens with one attached hydrogen (secondary N) is 1. The van der Waals surface area contributed by atoms with E-state index in [-0.39, 0.29) is 11.5 Å². The summed E-state index contributed by atoms with van der Waals surface area (Å²) in [7, 11) is 6.04. The second-order valence-electron chi connectivity index (χ2n) is 7.36. The third-order valence-electron chi connectivity index (χ3n) is 5.12. The number of para-hydroxylation sites is 1. The lowest BCUT2D eigenvalue weighted by molar-refractivity contribution is -0.111. The number of ether oxygens (including phenoxy) is 4. The number of benzene rings is 3. The minimum Gasteiger partial charge on any atom is -0.504 e. The summed E-state index contributed by atoms with van der Waals surface area (Å²) < 4.78 is 21.4. The number of carbonyl (C=O) groups excluding carboxylic acids is 1. The molecule has 0 aromatic heterocycles. The van der Waals surface area contributed by atoms with E-state index in [1.54, 1.807) is 56.7 Å². The quantitative estimate of drug-likeness (QED) is 0.230. The van der Waals surface area contributed by atoms with E-state index in [1.165, 1.54) is 26.4 Å². The number of rotatable bonds is 9. The first-order valence-corrected chi connectivity index (χ1v) is 10.6. The molecule has 0 bridgehead atoms. The van der Waals surface area contributed by atoms with Crippen LogP contribution in [0.1, 0.15) is 16.7 Å². The number of anilines is 2. The summed E-state index contributed by atoms with van der Waals surface area (Å²) >= 11 is 0. The van der Waals surface area contributed by atoms with Crippen LogP contribution in [-0.2, 0) is 4.79 Å². The monoisotopic (exact) mass is 476 g/mol. The zero-order valence-electron chi connectivity index (χ0n) is 20.0. The van der Waals surface area contributed by atoms with E-state index in [9.17, 15) is 9.90 Å². The van der Waals surface area contributed by atoms with Gasteiger partial charge >= 0.3 is 0 Å². The molecule has 0 aliphatic carbocycles. The van der Waals surface area contributed by atoms with Crippen LogP contribution in [-0.4, -0.2) is 39.5 Å². The number of phenols is 1. The third kappa shape index (κ3) is 6.05. The van der Waals surface area contributed by atoms with Gasteiger partial charge in [-0.05, 0) is 53.1 Å². The molecular formula is C27H28N2O6. The molecule has 3 aromatic rings. The van der Waals surface area contributed by atoms with E-state index in [4.69, 9.17) is 24.7 Å². The molecule has 0 saturated heterocycles. The molecule has 0 unspecified atom stereocenters. The van der Waals surface area contributed by atoms with Gasteiger partial charge in [0.25, 0.3) is 0 Å². The van der Waals surface area contributed by atoms with Gasteiger partial charge in [0, 0.05) is 11.8 Å². The fraction of sp³-hybridized carbons (Fsp3) is 0.148. The van der Waals surface area contributed by atoms with Gasteiger partial charge in [-0.2, -0.15) is 0 Å². The molecule has 182 valence electrons. The second kappa shape index (κ2) is 11.5. The average molecular weight is 477 g/mol. The lowest BCUT2D eigenvalue weighted by atomic mass is 10.1. The summed E-state index contributed by atoms with van der Waals surface area (Å²) in [5, 5.41) is 13.2. The molecule has 0 heterocycles. The Balaban J connectivity index is 1.88. The number of nitrogens with two attached hydrogens (primary N) is 1. The van der Waals surface area contributed by atoms with Crippen molar-refractivity contribution < 1.29 is 28.8 Å². The van der Waals surface area contributed by atoms with E-state index >= 15 is 0 Å². The van der Waals surface area contributed by atoms with E-state index in [2.05, 4.69) is 5.32 Å². The van der Waals surface area contributed by atoms with Crippen LogP contribution in [0.2, 0.25) is 0 Å². The van der Waals surface area contributed by atoms with E-state index in [0.717, 1.165) is 11.1 Å². The molecule has 3 aromatic carbocycles. The Labute approximate surface area is 204 Å². The van der Waals surface area contributed by atoms with Gasteiger partial charge in [0.05, 0.1) is 34.1 Å². The van der Waals surface area contributed by atoms with Crippen LogP contribution >= 0.6 is 0 Å². The largest absolute Gasteiger partial charge is 0.504 e. The van der Waals surface area contributed by atoms with Crippen molar-refractivity contribution >= 4 is 35.5 Å².